The summed E-state index contributed by atoms with van der Waals surface area (Å²) in [5.74, 6) is -0.526. The van der Waals surface area contributed by atoms with Crippen LogP contribution in [0, 0.1) is 5.82 Å². The van der Waals surface area contributed by atoms with Crippen molar-refractivity contribution in [1.29, 1.82) is 0 Å². The quantitative estimate of drug-likeness (QED) is 0.355. The van der Waals surface area contributed by atoms with Crippen molar-refractivity contribution >= 4 is 27.6 Å². The van der Waals surface area contributed by atoms with Crippen LogP contribution in [-0.2, 0) is 6.18 Å². The number of aromatic amines is 2. The van der Waals surface area contributed by atoms with Crippen molar-refractivity contribution in [1.82, 2.24) is 25.1 Å². The summed E-state index contributed by atoms with van der Waals surface area (Å²) in [6.45, 7) is 0. The van der Waals surface area contributed by atoms with Crippen molar-refractivity contribution < 1.29 is 17.6 Å². The molecule has 0 atom stereocenters. The SMILES string of the molecule is Nc1c(-c2ccc(F)c3[nH]ncc23)c2ncc(-c3ccnc(C(F)(F)F)c3)cc2[nH]c1=O. The fourth-order valence-corrected chi connectivity index (χ4v) is 3.61. The smallest absolute Gasteiger partial charge is 0.394 e. The van der Waals surface area contributed by atoms with Crippen molar-refractivity contribution in [3.05, 3.63) is 70.8 Å². The number of nitrogens with zero attached hydrogens (tertiary/aromatic N) is 3. The molecule has 0 saturated carbocycles. The topological polar surface area (TPSA) is 113 Å². The molecule has 0 saturated heterocycles. The van der Waals surface area contributed by atoms with Crippen LogP contribution in [0.1, 0.15) is 5.69 Å². The van der Waals surface area contributed by atoms with Crippen LogP contribution in [-0.4, -0.2) is 25.1 Å². The first-order valence-corrected chi connectivity index (χ1v) is 9.21. The molecule has 0 bridgehead atoms. The van der Waals surface area contributed by atoms with Crippen molar-refractivity contribution in [2.24, 2.45) is 0 Å². The number of H-pyrrole nitrogens is 2. The second-order valence-corrected chi connectivity index (χ2v) is 7.04. The lowest BCUT2D eigenvalue weighted by atomic mass is 9.98. The first-order valence-electron chi connectivity index (χ1n) is 9.21. The monoisotopic (exact) mass is 440 g/mol. The molecule has 11 heteroatoms. The van der Waals surface area contributed by atoms with E-state index in [1.54, 1.807) is 0 Å². The molecule has 0 aliphatic heterocycles. The van der Waals surface area contributed by atoms with Gasteiger partial charge in [-0.25, -0.2) is 4.39 Å². The molecule has 7 nitrogen and oxygen atoms in total. The summed E-state index contributed by atoms with van der Waals surface area (Å²) in [6, 6.07) is 6.48. The summed E-state index contributed by atoms with van der Waals surface area (Å²) in [5, 5.41) is 6.81. The van der Waals surface area contributed by atoms with E-state index < -0.39 is 23.2 Å². The highest BCUT2D eigenvalue weighted by molar-refractivity contribution is 6.06. The van der Waals surface area contributed by atoms with Gasteiger partial charge in [-0.15, -0.1) is 0 Å². The molecule has 4 N–H and O–H groups in total. The summed E-state index contributed by atoms with van der Waals surface area (Å²) in [7, 11) is 0. The van der Waals surface area contributed by atoms with Crippen molar-refractivity contribution in [2.75, 3.05) is 5.73 Å². The first-order chi connectivity index (χ1) is 15.2. The average molecular weight is 440 g/mol. The van der Waals surface area contributed by atoms with Crippen LogP contribution in [0.4, 0.5) is 23.2 Å². The number of alkyl halides is 3. The molecule has 0 aliphatic carbocycles. The van der Waals surface area contributed by atoms with Gasteiger partial charge in [0, 0.05) is 28.9 Å². The Hall–Kier alpha value is -4.28. The summed E-state index contributed by atoms with van der Waals surface area (Å²) in [6.07, 6.45) is -0.776. The number of benzene rings is 1. The van der Waals surface area contributed by atoms with E-state index in [1.165, 1.54) is 36.7 Å². The van der Waals surface area contributed by atoms with E-state index in [2.05, 4.69) is 25.1 Å². The Balaban J connectivity index is 1.75. The Kier molecular flexibility index (Phi) is 4.22. The van der Waals surface area contributed by atoms with Gasteiger partial charge >= 0.3 is 6.18 Å². The third kappa shape index (κ3) is 3.06. The maximum atomic E-state index is 14.1. The minimum Gasteiger partial charge on any atom is -0.394 e. The van der Waals surface area contributed by atoms with Gasteiger partial charge in [0.25, 0.3) is 5.56 Å². The number of rotatable bonds is 2. The molecule has 1 aromatic carbocycles. The number of anilines is 1. The lowest BCUT2D eigenvalue weighted by Gasteiger charge is -2.12. The Morgan fingerprint density at radius 1 is 1.00 bits per heavy atom. The fourth-order valence-electron chi connectivity index (χ4n) is 3.61. The predicted molar refractivity (Wildman–Crippen MR) is 110 cm³/mol. The van der Waals surface area contributed by atoms with Crippen LogP contribution >= 0.6 is 0 Å². The van der Waals surface area contributed by atoms with Crippen molar-refractivity contribution in [2.45, 2.75) is 6.18 Å². The number of pyridine rings is 3. The molecule has 32 heavy (non-hydrogen) atoms. The van der Waals surface area contributed by atoms with Gasteiger partial charge in [0.1, 0.15) is 22.7 Å². The zero-order valence-electron chi connectivity index (χ0n) is 16.0. The molecule has 4 aromatic heterocycles. The molecule has 0 radical (unpaired) electrons. The highest BCUT2D eigenvalue weighted by Crippen LogP contribution is 2.36. The number of nitrogens with one attached hydrogen (secondary N) is 2. The zero-order valence-corrected chi connectivity index (χ0v) is 16.0. The zero-order chi connectivity index (χ0) is 22.6. The van der Waals surface area contributed by atoms with E-state index in [9.17, 15) is 22.4 Å². The Morgan fingerprint density at radius 2 is 1.81 bits per heavy atom. The molecule has 0 spiro atoms. The van der Waals surface area contributed by atoms with Crippen LogP contribution in [0.5, 0.6) is 0 Å². The number of aromatic nitrogens is 5. The average Bonchev–Trinajstić information content (AvgIpc) is 3.26. The number of nitrogens with two attached hydrogens (primary N) is 1. The lowest BCUT2D eigenvalue weighted by Crippen LogP contribution is -2.14. The van der Waals surface area contributed by atoms with E-state index in [1.807, 2.05) is 0 Å². The van der Waals surface area contributed by atoms with Gasteiger partial charge in [0.2, 0.25) is 0 Å². The van der Waals surface area contributed by atoms with Gasteiger partial charge in [0.05, 0.1) is 17.2 Å². The fraction of sp³-hybridized carbons (Fsp3) is 0.0476. The largest absolute Gasteiger partial charge is 0.433 e. The second-order valence-electron chi connectivity index (χ2n) is 7.04. The number of fused-ring (bicyclic) bond motifs is 2. The third-order valence-electron chi connectivity index (χ3n) is 5.10. The standard InChI is InChI=1S/C21H12F4N6O/c22-13-2-1-11(12-8-29-31-18(12)13)16-17(26)20(32)30-14-5-10(7-28-19(14)16)9-3-4-27-15(6-9)21(23,24)25/h1-8H,26H2,(H,29,31)(H,30,32). The molecular weight excluding hydrogens is 428 g/mol. The summed E-state index contributed by atoms with van der Waals surface area (Å²) < 4.78 is 53.2. The molecule has 4 heterocycles. The third-order valence-corrected chi connectivity index (χ3v) is 5.10. The second kappa shape index (κ2) is 6.87. The molecule has 5 aromatic rings. The van der Waals surface area contributed by atoms with Gasteiger partial charge in [-0.3, -0.25) is 19.9 Å². The Bertz CT molecular complexity index is 1570. The van der Waals surface area contributed by atoms with E-state index in [4.69, 9.17) is 5.73 Å². The van der Waals surface area contributed by atoms with Crippen LogP contribution in [0.25, 0.3) is 44.2 Å². The van der Waals surface area contributed by atoms with Crippen molar-refractivity contribution in [3.8, 4) is 22.3 Å². The van der Waals surface area contributed by atoms with Gasteiger partial charge < -0.3 is 10.7 Å². The van der Waals surface area contributed by atoms with Crippen LogP contribution < -0.4 is 11.3 Å². The van der Waals surface area contributed by atoms with Crippen molar-refractivity contribution in [3.63, 3.8) is 0 Å². The number of nitrogen functional groups attached to an aromatic ring is 1. The normalized spacial score (nSPS) is 12.0. The Morgan fingerprint density at radius 3 is 2.59 bits per heavy atom. The molecular formula is C21H12F4N6O. The molecule has 0 amide bonds. The van der Waals surface area contributed by atoms with Crippen LogP contribution in [0.3, 0.4) is 0 Å². The lowest BCUT2D eigenvalue weighted by molar-refractivity contribution is -0.141. The minimum atomic E-state index is -4.60. The van der Waals surface area contributed by atoms with Gasteiger partial charge in [-0.05, 0) is 35.4 Å². The van der Waals surface area contributed by atoms with E-state index in [0.717, 1.165) is 12.3 Å². The predicted octanol–water partition coefficient (Wildman–Crippen LogP) is 4.27. The molecule has 160 valence electrons. The minimum absolute atomic E-state index is 0.130. The highest BCUT2D eigenvalue weighted by Gasteiger charge is 2.32. The number of hydrogen-bond donors (Lipinski definition) is 3. The van der Waals surface area contributed by atoms with E-state index in [-0.39, 0.29) is 27.8 Å². The maximum absolute atomic E-state index is 14.1. The van der Waals surface area contributed by atoms with Crippen LogP contribution in [0.2, 0.25) is 0 Å². The molecule has 5 rings (SSSR count). The first kappa shape index (κ1) is 19.7. The van der Waals surface area contributed by atoms with E-state index in [0.29, 0.717) is 22.0 Å². The van der Waals surface area contributed by atoms with E-state index >= 15 is 0 Å². The van der Waals surface area contributed by atoms with Gasteiger partial charge in [0.15, 0.2) is 0 Å². The summed E-state index contributed by atoms with van der Waals surface area (Å²) in [5.41, 5.74) is 6.22. The summed E-state index contributed by atoms with van der Waals surface area (Å²) >= 11 is 0. The highest BCUT2D eigenvalue weighted by atomic mass is 19.4. The maximum Gasteiger partial charge on any atom is 0.433 e. The number of halogens is 4. The summed E-state index contributed by atoms with van der Waals surface area (Å²) in [4.78, 5) is 22.8. The number of hydrogen-bond acceptors (Lipinski definition) is 5. The molecule has 0 aliphatic rings. The van der Waals surface area contributed by atoms with Crippen LogP contribution in [0.15, 0.2) is 53.7 Å². The Labute approximate surface area is 175 Å². The molecule has 0 fully saturated rings. The van der Waals surface area contributed by atoms with Gasteiger partial charge in [-0.1, -0.05) is 6.07 Å². The molecule has 0 unspecified atom stereocenters. The van der Waals surface area contributed by atoms with Gasteiger partial charge in [-0.2, -0.15) is 18.3 Å².